The summed E-state index contributed by atoms with van der Waals surface area (Å²) in [4.78, 5) is 12.3. The fourth-order valence-electron chi connectivity index (χ4n) is 4.51. The highest BCUT2D eigenvalue weighted by Crippen LogP contribution is 2.38. The molecule has 0 saturated carbocycles. The maximum absolute atomic E-state index is 4.79. The summed E-state index contributed by atoms with van der Waals surface area (Å²) in [6.07, 6.45) is 8.59. The molecule has 1 saturated heterocycles. The molecule has 0 unspecified atom stereocenters. The Morgan fingerprint density at radius 1 is 0.900 bits per heavy atom. The van der Waals surface area contributed by atoms with E-state index in [0.29, 0.717) is 0 Å². The summed E-state index contributed by atoms with van der Waals surface area (Å²) in [7, 11) is 0. The molecule has 5 rings (SSSR count). The van der Waals surface area contributed by atoms with Crippen LogP contribution in [0.2, 0.25) is 0 Å². The van der Waals surface area contributed by atoms with Crippen LogP contribution in [-0.2, 0) is 6.54 Å². The van der Waals surface area contributed by atoms with Gasteiger partial charge in [-0.05, 0) is 24.6 Å². The monoisotopic (exact) mass is 396 g/mol. The molecule has 0 spiro atoms. The average molecular weight is 397 g/mol. The Labute approximate surface area is 178 Å². The van der Waals surface area contributed by atoms with E-state index >= 15 is 0 Å². The van der Waals surface area contributed by atoms with Crippen molar-refractivity contribution in [2.24, 2.45) is 0 Å². The van der Waals surface area contributed by atoms with E-state index in [1.807, 2.05) is 0 Å². The molecule has 4 heteroatoms. The molecule has 152 valence electrons. The minimum Gasteiger partial charge on any atom is -0.367 e. The Morgan fingerprint density at radius 2 is 1.67 bits per heavy atom. The molecule has 0 atom stereocenters. The molecule has 1 fully saturated rings. The number of allylic oxidation sites excluding steroid dienone is 3. The van der Waals surface area contributed by atoms with Gasteiger partial charge in [0.05, 0.1) is 23.1 Å². The largest absolute Gasteiger partial charge is 0.367 e. The number of para-hydroxylation sites is 1. The molecule has 0 aliphatic carbocycles. The Kier molecular flexibility index (Phi) is 5.24. The molecule has 30 heavy (non-hydrogen) atoms. The Balaban J connectivity index is 1.44. The lowest BCUT2D eigenvalue weighted by Crippen LogP contribution is -2.46. The van der Waals surface area contributed by atoms with Crippen LogP contribution in [0.3, 0.4) is 0 Å². The van der Waals surface area contributed by atoms with Crippen LogP contribution < -0.4 is 9.80 Å². The molecule has 3 heterocycles. The zero-order valence-corrected chi connectivity index (χ0v) is 17.5. The zero-order valence-electron chi connectivity index (χ0n) is 17.5. The van der Waals surface area contributed by atoms with Gasteiger partial charge in [-0.15, -0.1) is 0 Å². The van der Waals surface area contributed by atoms with Gasteiger partial charge in [-0.3, -0.25) is 9.88 Å². The first-order chi connectivity index (χ1) is 14.8. The third-order valence-electron chi connectivity index (χ3n) is 6.14. The smallest absolute Gasteiger partial charge is 0.0842 e. The molecule has 3 aromatic rings. The zero-order chi connectivity index (χ0) is 20.3. The third-order valence-corrected chi connectivity index (χ3v) is 6.14. The number of anilines is 2. The molecule has 0 radical (unpaired) electrons. The van der Waals surface area contributed by atoms with Gasteiger partial charge in [0.2, 0.25) is 0 Å². The van der Waals surface area contributed by atoms with E-state index < -0.39 is 0 Å². The first-order valence-electron chi connectivity index (χ1n) is 10.8. The number of nitrogens with zero attached hydrogens (tertiary/aromatic N) is 4. The molecule has 1 aromatic heterocycles. The number of hydrogen-bond donors (Lipinski definition) is 0. The minimum absolute atomic E-state index is 0.892. The molecule has 0 bridgehead atoms. The lowest BCUT2D eigenvalue weighted by Gasteiger charge is -2.39. The van der Waals surface area contributed by atoms with E-state index in [1.54, 1.807) is 0 Å². The summed E-state index contributed by atoms with van der Waals surface area (Å²) in [5.41, 5.74) is 6.25. The van der Waals surface area contributed by atoms with Gasteiger partial charge in [0.15, 0.2) is 0 Å². The number of fused-ring (bicyclic) bond motifs is 1. The van der Waals surface area contributed by atoms with Crippen molar-refractivity contribution in [1.82, 2.24) is 9.88 Å². The number of piperazine rings is 1. The van der Waals surface area contributed by atoms with Crippen molar-refractivity contribution in [2.45, 2.75) is 13.5 Å². The molecule has 4 nitrogen and oxygen atoms in total. The van der Waals surface area contributed by atoms with Gasteiger partial charge in [-0.1, -0.05) is 60.7 Å². The fraction of sp³-hybridized carbons (Fsp3) is 0.269. The van der Waals surface area contributed by atoms with Crippen molar-refractivity contribution in [2.75, 3.05) is 42.5 Å². The Hall–Kier alpha value is -3.11. The number of benzene rings is 2. The Bertz CT molecular complexity index is 1080. The maximum atomic E-state index is 4.79. The number of pyridine rings is 1. The summed E-state index contributed by atoms with van der Waals surface area (Å²) < 4.78 is 0. The summed E-state index contributed by atoms with van der Waals surface area (Å²) in [5.74, 6) is 0. The molecular formula is C26H28N4. The van der Waals surface area contributed by atoms with Crippen LogP contribution in [0.1, 0.15) is 12.5 Å². The van der Waals surface area contributed by atoms with Crippen molar-refractivity contribution in [3.05, 3.63) is 90.3 Å². The second kappa shape index (κ2) is 8.33. The average Bonchev–Trinajstić information content (AvgIpc) is 2.80. The van der Waals surface area contributed by atoms with Gasteiger partial charge in [-0.25, -0.2) is 0 Å². The number of hydrogen-bond acceptors (Lipinski definition) is 4. The van der Waals surface area contributed by atoms with E-state index in [4.69, 9.17) is 4.98 Å². The van der Waals surface area contributed by atoms with Gasteiger partial charge in [-0.2, -0.15) is 0 Å². The van der Waals surface area contributed by atoms with Crippen LogP contribution in [0.5, 0.6) is 0 Å². The van der Waals surface area contributed by atoms with E-state index in [1.165, 1.54) is 28.0 Å². The molecule has 0 N–H and O–H groups in total. The van der Waals surface area contributed by atoms with Gasteiger partial charge in [0.25, 0.3) is 0 Å². The van der Waals surface area contributed by atoms with Crippen LogP contribution in [0.15, 0.2) is 84.7 Å². The van der Waals surface area contributed by atoms with Gasteiger partial charge >= 0.3 is 0 Å². The highest BCUT2D eigenvalue weighted by molar-refractivity contribution is 5.99. The molecule has 2 aromatic carbocycles. The normalized spacial score (nSPS) is 17.4. The second-order valence-electron chi connectivity index (χ2n) is 8.10. The second-order valence-corrected chi connectivity index (χ2v) is 8.10. The predicted molar refractivity (Wildman–Crippen MR) is 126 cm³/mol. The first-order valence-corrected chi connectivity index (χ1v) is 10.8. The van der Waals surface area contributed by atoms with Gasteiger partial charge < -0.3 is 9.80 Å². The summed E-state index contributed by atoms with van der Waals surface area (Å²) in [6, 6.07) is 19.3. The third kappa shape index (κ3) is 3.71. The predicted octanol–water partition coefficient (Wildman–Crippen LogP) is 4.84. The quantitative estimate of drug-likeness (QED) is 0.629. The van der Waals surface area contributed by atoms with Crippen LogP contribution in [0.25, 0.3) is 10.9 Å². The van der Waals surface area contributed by atoms with Gasteiger partial charge in [0.1, 0.15) is 0 Å². The molecular weight excluding hydrogens is 368 g/mol. The van der Waals surface area contributed by atoms with Crippen molar-refractivity contribution in [3.63, 3.8) is 0 Å². The summed E-state index contributed by atoms with van der Waals surface area (Å²) >= 11 is 0. The number of rotatable bonds is 4. The first kappa shape index (κ1) is 18.9. The fourth-order valence-corrected chi connectivity index (χ4v) is 4.51. The van der Waals surface area contributed by atoms with E-state index in [-0.39, 0.29) is 0 Å². The van der Waals surface area contributed by atoms with E-state index in [2.05, 4.69) is 101 Å². The topological polar surface area (TPSA) is 22.6 Å². The highest BCUT2D eigenvalue weighted by Gasteiger charge is 2.24. The van der Waals surface area contributed by atoms with Crippen molar-refractivity contribution in [1.29, 1.82) is 0 Å². The number of aromatic nitrogens is 1. The van der Waals surface area contributed by atoms with Crippen LogP contribution >= 0.6 is 0 Å². The molecule has 2 aliphatic rings. The minimum atomic E-state index is 0.892. The standard InChI is InChI=1S/C26H28N4/c1-21-9-7-8-14-30(21)25-19-27-24-13-6-5-12-23(24)26(25)29-17-15-28(16-18-29)20-22-10-3-2-4-11-22/h2-13,19H,14-18,20H2,1H3. The summed E-state index contributed by atoms with van der Waals surface area (Å²) in [5, 5.41) is 1.24. The van der Waals surface area contributed by atoms with Crippen molar-refractivity contribution in [3.8, 4) is 0 Å². The maximum Gasteiger partial charge on any atom is 0.0842 e. The highest BCUT2D eigenvalue weighted by atomic mass is 15.3. The van der Waals surface area contributed by atoms with Crippen molar-refractivity contribution < 1.29 is 0 Å². The van der Waals surface area contributed by atoms with Gasteiger partial charge in [0, 0.05) is 50.4 Å². The lowest BCUT2D eigenvalue weighted by molar-refractivity contribution is 0.250. The van der Waals surface area contributed by atoms with Crippen LogP contribution in [0.4, 0.5) is 11.4 Å². The Morgan fingerprint density at radius 3 is 2.47 bits per heavy atom. The summed E-state index contributed by atoms with van der Waals surface area (Å²) in [6.45, 7) is 8.29. The van der Waals surface area contributed by atoms with Crippen LogP contribution in [-0.4, -0.2) is 42.6 Å². The van der Waals surface area contributed by atoms with E-state index in [0.717, 1.165) is 44.8 Å². The van der Waals surface area contributed by atoms with Crippen molar-refractivity contribution >= 4 is 22.3 Å². The van der Waals surface area contributed by atoms with E-state index in [9.17, 15) is 0 Å². The SMILES string of the molecule is CC1=CC=CCN1c1cnc2ccccc2c1N1CCN(Cc2ccccc2)CC1. The molecule has 0 amide bonds. The molecule has 2 aliphatic heterocycles. The van der Waals surface area contributed by atoms with Crippen LogP contribution in [0, 0.1) is 0 Å². The lowest BCUT2D eigenvalue weighted by atomic mass is 10.1.